The molecule has 0 radical (unpaired) electrons. The highest BCUT2D eigenvalue weighted by Crippen LogP contribution is 2.12. The highest BCUT2D eigenvalue weighted by molar-refractivity contribution is 5.90. The number of methoxy groups -OCH3 is 1. The summed E-state index contributed by atoms with van der Waals surface area (Å²) < 4.78 is 9.79. The van der Waals surface area contributed by atoms with Crippen LogP contribution in [-0.4, -0.2) is 48.1 Å². The Labute approximate surface area is 177 Å². The quantitative estimate of drug-likeness (QED) is 0.324. The van der Waals surface area contributed by atoms with Crippen LogP contribution in [0.2, 0.25) is 0 Å². The molecule has 0 unspecified atom stereocenters. The monoisotopic (exact) mass is 421 g/mol. The minimum absolute atomic E-state index is 0.104. The predicted octanol–water partition coefficient (Wildman–Crippen LogP) is 3.44. The van der Waals surface area contributed by atoms with Gasteiger partial charge in [-0.25, -0.2) is 4.79 Å². The molecule has 0 saturated heterocycles. The lowest BCUT2D eigenvalue weighted by Crippen LogP contribution is -2.34. The number of hydrogen-bond donors (Lipinski definition) is 0. The smallest absolute Gasteiger partial charge is 0.363 e. The van der Waals surface area contributed by atoms with E-state index in [4.69, 9.17) is 9.57 Å². The Bertz CT molecular complexity index is 710. The summed E-state index contributed by atoms with van der Waals surface area (Å²) >= 11 is 0. The van der Waals surface area contributed by atoms with Gasteiger partial charge in [-0.05, 0) is 45.7 Å². The SMILES string of the molecule is COC(=O)CCC(=O)N(CCCCCC(=O)OC(C)(C)C)OC(=O)c1ccccc1. The molecule has 30 heavy (non-hydrogen) atoms. The van der Waals surface area contributed by atoms with E-state index in [1.54, 1.807) is 30.3 Å². The van der Waals surface area contributed by atoms with Gasteiger partial charge in [0.15, 0.2) is 0 Å². The Morgan fingerprint density at radius 3 is 2.13 bits per heavy atom. The second-order valence-electron chi connectivity index (χ2n) is 7.71. The van der Waals surface area contributed by atoms with Gasteiger partial charge < -0.3 is 14.3 Å². The molecule has 0 N–H and O–H groups in total. The molecule has 0 bridgehead atoms. The summed E-state index contributed by atoms with van der Waals surface area (Å²) in [5, 5.41) is 0.978. The third kappa shape index (κ3) is 10.6. The molecule has 8 nitrogen and oxygen atoms in total. The Morgan fingerprint density at radius 2 is 1.53 bits per heavy atom. The zero-order valence-corrected chi connectivity index (χ0v) is 18.1. The third-order valence-electron chi connectivity index (χ3n) is 3.91. The molecule has 0 aliphatic rings. The van der Waals surface area contributed by atoms with E-state index in [2.05, 4.69) is 4.74 Å². The maximum absolute atomic E-state index is 12.4. The average Bonchev–Trinajstić information content (AvgIpc) is 2.69. The van der Waals surface area contributed by atoms with Crippen LogP contribution in [0.3, 0.4) is 0 Å². The largest absolute Gasteiger partial charge is 0.469 e. The van der Waals surface area contributed by atoms with E-state index < -0.39 is 23.4 Å². The highest BCUT2D eigenvalue weighted by Gasteiger charge is 2.21. The number of carbonyl (C=O) groups excluding carboxylic acids is 4. The van der Waals surface area contributed by atoms with E-state index in [9.17, 15) is 19.2 Å². The fraction of sp³-hybridized carbons (Fsp3) is 0.545. The van der Waals surface area contributed by atoms with Crippen molar-refractivity contribution in [2.24, 2.45) is 0 Å². The zero-order chi connectivity index (χ0) is 22.6. The summed E-state index contributed by atoms with van der Waals surface area (Å²) in [4.78, 5) is 53.0. The fourth-order valence-electron chi connectivity index (χ4n) is 2.48. The molecule has 1 aromatic rings. The number of esters is 2. The lowest BCUT2D eigenvalue weighted by atomic mass is 10.1. The molecule has 1 rings (SSSR count). The molecular weight excluding hydrogens is 390 g/mol. The van der Waals surface area contributed by atoms with Crippen molar-refractivity contribution < 1.29 is 33.5 Å². The molecule has 8 heteroatoms. The van der Waals surface area contributed by atoms with Gasteiger partial charge in [0, 0.05) is 12.8 Å². The van der Waals surface area contributed by atoms with Gasteiger partial charge in [-0.1, -0.05) is 24.6 Å². The van der Waals surface area contributed by atoms with Gasteiger partial charge in [-0.3, -0.25) is 14.4 Å². The second kappa shape index (κ2) is 12.6. The summed E-state index contributed by atoms with van der Waals surface area (Å²) in [6.07, 6.45) is 1.79. The van der Waals surface area contributed by atoms with E-state index in [0.717, 1.165) is 5.06 Å². The van der Waals surface area contributed by atoms with E-state index >= 15 is 0 Å². The van der Waals surface area contributed by atoms with Crippen LogP contribution in [0.15, 0.2) is 30.3 Å². The minimum Gasteiger partial charge on any atom is -0.469 e. The normalized spacial score (nSPS) is 10.8. The first kappa shape index (κ1) is 25.1. The number of rotatable bonds is 10. The lowest BCUT2D eigenvalue weighted by molar-refractivity contribution is -0.169. The zero-order valence-electron chi connectivity index (χ0n) is 18.1. The van der Waals surface area contributed by atoms with E-state index in [-0.39, 0.29) is 31.8 Å². The fourth-order valence-corrected chi connectivity index (χ4v) is 2.48. The van der Waals surface area contributed by atoms with Crippen LogP contribution in [0.4, 0.5) is 0 Å². The Balaban J connectivity index is 2.56. The van der Waals surface area contributed by atoms with Gasteiger partial charge in [-0.2, -0.15) is 5.06 Å². The molecule has 1 aromatic carbocycles. The van der Waals surface area contributed by atoms with Crippen molar-refractivity contribution in [2.75, 3.05) is 13.7 Å². The van der Waals surface area contributed by atoms with Crippen molar-refractivity contribution in [2.45, 2.75) is 64.9 Å². The molecule has 0 fully saturated rings. The van der Waals surface area contributed by atoms with Crippen LogP contribution < -0.4 is 0 Å². The molecular formula is C22H31NO7. The number of amides is 1. The van der Waals surface area contributed by atoms with Crippen molar-refractivity contribution in [1.29, 1.82) is 0 Å². The van der Waals surface area contributed by atoms with Gasteiger partial charge >= 0.3 is 17.9 Å². The summed E-state index contributed by atoms with van der Waals surface area (Å²) in [6.45, 7) is 5.59. The van der Waals surface area contributed by atoms with Crippen LogP contribution in [0.1, 0.15) is 69.7 Å². The first-order valence-electron chi connectivity index (χ1n) is 9.98. The van der Waals surface area contributed by atoms with Crippen molar-refractivity contribution in [3.05, 3.63) is 35.9 Å². The lowest BCUT2D eigenvalue weighted by Gasteiger charge is -2.21. The minimum atomic E-state index is -0.657. The molecule has 0 spiro atoms. The van der Waals surface area contributed by atoms with Crippen LogP contribution in [0.25, 0.3) is 0 Å². The number of benzene rings is 1. The van der Waals surface area contributed by atoms with E-state index in [1.807, 2.05) is 20.8 Å². The van der Waals surface area contributed by atoms with Crippen molar-refractivity contribution in [3.63, 3.8) is 0 Å². The second-order valence-corrected chi connectivity index (χ2v) is 7.71. The van der Waals surface area contributed by atoms with Crippen LogP contribution >= 0.6 is 0 Å². The maximum atomic E-state index is 12.4. The molecule has 1 amide bonds. The molecule has 0 saturated carbocycles. The van der Waals surface area contributed by atoms with E-state index in [0.29, 0.717) is 24.8 Å². The summed E-state index contributed by atoms with van der Waals surface area (Å²) in [6, 6.07) is 8.31. The number of nitrogens with zero attached hydrogens (tertiary/aromatic N) is 1. The Hall–Kier alpha value is -2.90. The average molecular weight is 421 g/mol. The third-order valence-corrected chi connectivity index (χ3v) is 3.91. The van der Waals surface area contributed by atoms with Gasteiger partial charge in [0.1, 0.15) is 5.60 Å². The summed E-state index contributed by atoms with van der Waals surface area (Å²) in [5.41, 5.74) is -0.209. The first-order valence-corrected chi connectivity index (χ1v) is 9.98. The van der Waals surface area contributed by atoms with Crippen LogP contribution in [0, 0.1) is 0 Å². The summed E-state index contributed by atoms with van der Waals surface area (Å²) in [5.74, 6) is -1.94. The van der Waals surface area contributed by atoms with Crippen molar-refractivity contribution >= 4 is 23.8 Å². The van der Waals surface area contributed by atoms with E-state index in [1.165, 1.54) is 7.11 Å². The Morgan fingerprint density at radius 1 is 0.867 bits per heavy atom. The first-order chi connectivity index (χ1) is 14.1. The topological polar surface area (TPSA) is 99.2 Å². The molecule has 0 aliphatic carbocycles. The standard InChI is InChI=1S/C22H31NO7/c1-22(2,3)29-20(26)13-9-6-10-16-23(18(24)14-15-19(25)28-4)30-21(27)17-11-7-5-8-12-17/h5,7-8,11-12H,6,9-10,13-16H2,1-4H3. The number of carbonyl (C=O) groups is 4. The molecule has 0 aromatic heterocycles. The highest BCUT2D eigenvalue weighted by atomic mass is 16.7. The van der Waals surface area contributed by atoms with Crippen molar-refractivity contribution in [1.82, 2.24) is 5.06 Å². The number of hydroxylamine groups is 2. The number of unbranched alkanes of at least 4 members (excludes halogenated alkanes) is 2. The molecule has 0 aliphatic heterocycles. The number of hydrogen-bond acceptors (Lipinski definition) is 7. The molecule has 0 heterocycles. The molecule has 166 valence electrons. The predicted molar refractivity (Wildman–Crippen MR) is 109 cm³/mol. The summed E-state index contributed by atoms with van der Waals surface area (Å²) in [7, 11) is 1.24. The van der Waals surface area contributed by atoms with Crippen LogP contribution in [0.5, 0.6) is 0 Å². The number of ether oxygens (including phenoxy) is 2. The van der Waals surface area contributed by atoms with Crippen molar-refractivity contribution in [3.8, 4) is 0 Å². The maximum Gasteiger partial charge on any atom is 0.363 e. The van der Waals surface area contributed by atoms with Gasteiger partial charge in [-0.15, -0.1) is 0 Å². The Kier molecular flexibility index (Phi) is 10.6. The van der Waals surface area contributed by atoms with Gasteiger partial charge in [0.2, 0.25) is 0 Å². The molecule has 0 atom stereocenters. The van der Waals surface area contributed by atoms with Gasteiger partial charge in [0.05, 0.1) is 25.6 Å². The van der Waals surface area contributed by atoms with Gasteiger partial charge in [0.25, 0.3) is 5.91 Å². The van der Waals surface area contributed by atoms with Crippen LogP contribution in [-0.2, 0) is 28.7 Å².